The van der Waals surface area contributed by atoms with E-state index in [1.807, 2.05) is 42.5 Å². The molecule has 0 radical (unpaired) electrons. The molecule has 3 aromatic carbocycles. The maximum Gasteiger partial charge on any atom is 0.243 e. The maximum atomic E-state index is 14.1. The van der Waals surface area contributed by atoms with E-state index < -0.39 is 16.1 Å². The molecule has 236 valence electrons. The first kappa shape index (κ1) is 33.8. The van der Waals surface area contributed by atoms with Crippen LogP contribution in [0.4, 0.5) is 5.69 Å². The number of rotatable bonds is 13. The molecular formula is C34H41Cl2N3O4S. The Kier molecular flexibility index (Phi) is 12.1. The van der Waals surface area contributed by atoms with E-state index in [0.29, 0.717) is 27.7 Å². The molecule has 1 saturated carbocycles. The SMILES string of the molecule is Cc1c(Cl)cccc1N(CCCC(=O)N(Cc1ccc(Cl)cc1)[C@@H](Cc1ccccc1)C(=O)NC1CCCCC1)S(C)(=O)=O. The summed E-state index contributed by atoms with van der Waals surface area (Å²) in [6, 6.07) is 21.4. The van der Waals surface area contributed by atoms with Crippen LogP contribution in [0.15, 0.2) is 72.8 Å². The van der Waals surface area contributed by atoms with Gasteiger partial charge in [-0.1, -0.05) is 91.0 Å². The van der Waals surface area contributed by atoms with Crippen molar-refractivity contribution in [3.05, 3.63) is 99.5 Å². The lowest BCUT2D eigenvalue weighted by Gasteiger charge is -2.34. The van der Waals surface area contributed by atoms with Crippen molar-refractivity contribution in [3.63, 3.8) is 0 Å². The quantitative estimate of drug-likeness (QED) is 0.216. The second-order valence-electron chi connectivity index (χ2n) is 11.5. The Morgan fingerprint density at radius 1 is 0.909 bits per heavy atom. The van der Waals surface area contributed by atoms with Crippen LogP contribution in [0.2, 0.25) is 10.0 Å². The van der Waals surface area contributed by atoms with Gasteiger partial charge in [-0.3, -0.25) is 13.9 Å². The number of carbonyl (C=O) groups excluding carboxylic acids is 2. The fourth-order valence-corrected chi connectivity index (χ4v) is 7.04. The molecule has 1 aliphatic carbocycles. The molecule has 4 rings (SSSR count). The highest BCUT2D eigenvalue weighted by Crippen LogP contribution is 2.29. The van der Waals surface area contributed by atoms with Crippen molar-refractivity contribution in [1.82, 2.24) is 10.2 Å². The highest BCUT2D eigenvalue weighted by molar-refractivity contribution is 7.92. The minimum Gasteiger partial charge on any atom is -0.352 e. The minimum absolute atomic E-state index is 0.0568. The van der Waals surface area contributed by atoms with Crippen LogP contribution in [0, 0.1) is 6.92 Å². The molecule has 44 heavy (non-hydrogen) atoms. The highest BCUT2D eigenvalue weighted by Gasteiger charge is 2.32. The molecule has 1 aliphatic rings. The summed E-state index contributed by atoms with van der Waals surface area (Å²) in [4.78, 5) is 29.7. The minimum atomic E-state index is -3.64. The molecule has 1 fully saturated rings. The number of sulfonamides is 1. The fraction of sp³-hybridized carbons (Fsp3) is 0.412. The number of amides is 2. The Hall–Kier alpha value is -3.07. The third kappa shape index (κ3) is 9.46. The zero-order valence-electron chi connectivity index (χ0n) is 25.3. The largest absolute Gasteiger partial charge is 0.352 e. The van der Waals surface area contributed by atoms with Crippen LogP contribution < -0.4 is 9.62 Å². The first-order chi connectivity index (χ1) is 21.0. The van der Waals surface area contributed by atoms with Gasteiger partial charge in [-0.25, -0.2) is 8.42 Å². The monoisotopic (exact) mass is 657 g/mol. The van der Waals surface area contributed by atoms with E-state index in [4.69, 9.17) is 23.2 Å². The average molecular weight is 659 g/mol. The van der Waals surface area contributed by atoms with Gasteiger partial charge < -0.3 is 10.2 Å². The molecule has 1 atom stereocenters. The number of benzene rings is 3. The van der Waals surface area contributed by atoms with E-state index in [2.05, 4.69) is 5.32 Å². The van der Waals surface area contributed by atoms with Crippen molar-refractivity contribution in [2.24, 2.45) is 0 Å². The van der Waals surface area contributed by atoms with Crippen LogP contribution in [0.25, 0.3) is 0 Å². The first-order valence-corrected chi connectivity index (χ1v) is 17.7. The van der Waals surface area contributed by atoms with Crippen LogP contribution in [0.1, 0.15) is 61.6 Å². The summed E-state index contributed by atoms with van der Waals surface area (Å²) < 4.78 is 26.9. The Morgan fingerprint density at radius 2 is 1.59 bits per heavy atom. The second kappa shape index (κ2) is 15.8. The summed E-state index contributed by atoms with van der Waals surface area (Å²) in [6.45, 7) is 2.08. The van der Waals surface area contributed by atoms with Crippen molar-refractivity contribution in [1.29, 1.82) is 0 Å². The molecule has 0 aliphatic heterocycles. The molecule has 0 heterocycles. The lowest BCUT2D eigenvalue weighted by Crippen LogP contribution is -2.52. The van der Waals surface area contributed by atoms with Gasteiger partial charge in [0.25, 0.3) is 0 Å². The first-order valence-electron chi connectivity index (χ1n) is 15.1. The molecule has 3 aromatic rings. The van der Waals surface area contributed by atoms with Gasteiger partial charge in [-0.05, 0) is 67.1 Å². The predicted octanol–water partition coefficient (Wildman–Crippen LogP) is 6.94. The Balaban J connectivity index is 1.60. The number of carbonyl (C=O) groups is 2. The Labute approximate surface area is 271 Å². The van der Waals surface area contributed by atoms with Gasteiger partial charge in [0, 0.05) is 42.0 Å². The number of halogens is 2. The lowest BCUT2D eigenvalue weighted by molar-refractivity contribution is -0.141. The number of nitrogens with one attached hydrogen (secondary N) is 1. The molecular weight excluding hydrogens is 617 g/mol. The van der Waals surface area contributed by atoms with Gasteiger partial charge in [0.1, 0.15) is 6.04 Å². The van der Waals surface area contributed by atoms with Crippen molar-refractivity contribution in [2.75, 3.05) is 17.1 Å². The molecule has 0 unspecified atom stereocenters. The Bertz CT molecular complexity index is 1510. The molecule has 2 amide bonds. The van der Waals surface area contributed by atoms with Gasteiger partial charge in [0.2, 0.25) is 21.8 Å². The van der Waals surface area contributed by atoms with Gasteiger partial charge in [0.05, 0.1) is 11.9 Å². The molecule has 7 nitrogen and oxygen atoms in total. The van der Waals surface area contributed by atoms with Gasteiger partial charge in [-0.15, -0.1) is 0 Å². The Morgan fingerprint density at radius 3 is 2.25 bits per heavy atom. The molecule has 0 bridgehead atoms. The van der Waals surface area contributed by atoms with Crippen LogP contribution in [0.3, 0.4) is 0 Å². The number of hydrogen-bond donors (Lipinski definition) is 1. The zero-order valence-corrected chi connectivity index (χ0v) is 27.7. The lowest BCUT2D eigenvalue weighted by atomic mass is 9.94. The van der Waals surface area contributed by atoms with Crippen molar-refractivity contribution in [3.8, 4) is 0 Å². The summed E-state index contributed by atoms with van der Waals surface area (Å²) in [5, 5.41) is 4.29. The second-order valence-corrected chi connectivity index (χ2v) is 14.3. The van der Waals surface area contributed by atoms with E-state index in [1.165, 1.54) is 10.7 Å². The zero-order chi connectivity index (χ0) is 31.7. The third-order valence-electron chi connectivity index (χ3n) is 8.15. The predicted molar refractivity (Wildman–Crippen MR) is 179 cm³/mol. The number of anilines is 1. The van der Waals surface area contributed by atoms with E-state index in [9.17, 15) is 18.0 Å². The van der Waals surface area contributed by atoms with Crippen molar-refractivity contribution >= 4 is 50.7 Å². The summed E-state index contributed by atoms with van der Waals surface area (Å²) in [6.07, 6.45) is 7.00. The van der Waals surface area contributed by atoms with E-state index in [0.717, 1.165) is 43.1 Å². The standard InChI is InChI=1S/C34H41Cl2N3O4S/c1-25-30(36)15-9-16-31(25)39(44(2,42)43)22-10-17-33(40)38(24-27-18-20-28(35)21-19-27)32(23-26-11-5-3-6-12-26)34(41)37-29-13-7-4-8-14-29/h3,5-6,9,11-12,15-16,18-21,29,32H,4,7-8,10,13-14,17,22-24H2,1-2H3,(H,37,41)/t32-/m0/s1. The summed E-state index contributed by atoms with van der Waals surface area (Å²) in [5.74, 6) is -0.397. The van der Waals surface area contributed by atoms with E-state index in [-0.39, 0.29) is 43.8 Å². The van der Waals surface area contributed by atoms with E-state index in [1.54, 1.807) is 42.2 Å². The average Bonchev–Trinajstić information content (AvgIpc) is 3.00. The maximum absolute atomic E-state index is 14.1. The smallest absolute Gasteiger partial charge is 0.243 e. The van der Waals surface area contributed by atoms with Crippen molar-refractivity contribution < 1.29 is 18.0 Å². The number of hydrogen-bond acceptors (Lipinski definition) is 4. The van der Waals surface area contributed by atoms with Crippen LogP contribution >= 0.6 is 23.2 Å². The highest BCUT2D eigenvalue weighted by atomic mass is 35.5. The normalized spacial score (nSPS) is 14.5. The third-order valence-corrected chi connectivity index (χ3v) is 9.99. The molecule has 1 N–H and O–H groups in total. The van der Waals surface area contributed by atoms with Gasteiger partial charge in [-0.2, -0.15) is 0 Å². The number of nitrogens with zero attached hydrogens (tertiary/aromatic N) is 2. The van der Waals surface area contributed by atoms with Crippen LogP contribution in [-0.2, 0) is 32.6 Å². The van der Waals surface area contributed by atoms with Gasteiger partial charge >= 0.3 is 0 Å². The van der Waals surface area contributed by atoms with Crippen LogP contribution in [0.5, 0.6) is 0 Å². The molecule has 0 spiro atoms. The fourth-order valence-electron chi connectivity index (χ4n) is 5.73. The summed E-state index contributed by atoms with van der Waals surface area (Å²) >= 11 is 12.4. The van der Waals surface area contributed by atoms with E-state index >= 15 is 0 Å². The van der Waals surface area contributed by atoms with Gasteiger partial charge in [0.15, 0.2) is 0 Å². The summed E-state index contributed by atoms with van der Waals surface area (Å²) in [5.41, 5.74) is 2.93. The van der Waals surface area contributed by atoms with Crippen LogP contribution in [-0.4, -0.2) is 50.0 Å². The van der Waals surface area contributed by atoms with Crippen molar-refractivity contribution in [2.45, 2.75) is 76.9 Å². The molecule has 0 aromatic heterocycles. The molecule has 10 heteroatoms. The molecule has 0 saturated heterocycles. The summed E-state index contributed by atoms with van der Waals surface area (Å²) in [7, 11) is -3.64. The topological polar surface area (TPSA) is 86.8 Å².